The van der Waals surface area contributed by atoms with Crippen LogP contribution in [0.25, 0.3) is 0 Å². The van der Waals surface area contributed by atoms with Crippen molar-refractivity contribution in [3.8, 4) is 6.01 Å². The van der Waals surface area contributed by atoms with Crippen LogP contribution in [0.15, 0.2) is 0 Å². The van der Waals surface area contributed by atoms with Crippen molar-refractivity contribution in [3.05, 3.63) is 0 Å². The molecule has 0 spiro atoms. The lowest BCUT2D eigenvalue weighted by Gasteiger charge is -2.22. The van der Waals surface area contributed by atoms with Crippen LogP contribution in [-0.2, 0) is 4.74 Å². The number of rotatable bonds is 8. The molecular weight excluding hydrogens is 270 g/mol. The largest absolute Gasteiger partial charge is 0.464 e. The van der Waals surface area contributed by atoms with Crippen LogP contribution in [0.4, 0.5) is 11.9 Å². The molecule has 118 valence electrons. The number of anilines is 2. The topological polar surface area (TPSA) is 81.2 Å². The molecular formula is C14H25N5O2. The van der Waals surface area contributed by atoms with Crippen LogP contribution in [0.3, 0.4) is 0 Å². The van der Waals surface area contributed by atoms with Gasteiger partial charge < -0.3 is 20.1 Å². The molecule has 0 radical (unpaired) electrons. The predicted octanol–water partition coefficient (Wildman–Crippen LogP) is 2.07. The van der Waals surface area contributed by atoms with Gasteiger partial charge in [-0.05, 0) is 32.6 Å². The standard InChI is InChI=1S/C14H25N5O2/c1-3-8-15-12-17-13(19-14(18-12)20-4-2)16-10-11-7-5-6-9-21-11/h11H,3-10H2,1-2H3,(H2,15,16,17,18,19). The Labute approximate surface area is 125 Å². The van der Waals surface area contributed by atoms with Gasteiger partial charge in [-0.3, -0.25) is 0 Å². The van der Waals surface area contributed by atoms with E-state index in [1.807, 2.05) is 6.92 Å². The molecule has 1 fully saturated rings. The molecule has 2 N–H and O–H groups in total. The lowest BCUT2D eigenvalue weighted by Crippen LogP contribution is -2.27. The van der Waals surface area contributed by atoms with E-state index in [0.717, 1.165) is 32.4 Å². The summed E-state index contributed by atoms with van der Waals surface area (Å²) in [5, 5.41) is 6.38. The summed E-state index contributed by atoms with van der Waals surface area (Å²) in [4.78, 5) is 12.9. The van der Waals surface area contributed by atoms with Crippen molar-refractivity contribution in [2.24, 2.45) is 0 Å². The molecule has 1 unspecified atom stereocenters. The highest BCUT2D eigenvalue weighted by atomic mass is 16.5. The van der Waals surface area contributed by atoms with Crippen molar-refractivity contribution in [3.63, 3.8) is 0 Å². The molecule has 1 saturated heterocycles. The number of ether oxygens (including phenoxy) is 2. The van der Waals surface area contributed by atoms with E-state index >= 15 is 0 Å². The molecule has 2 rings (SSSR count). The smallest absolute Gasteiger partial charge is 0.323 e. The van der Waals surface area contributed by atoms with E-state index in [4.69, 9.17) is 9.47 Å². The molecule has 21 heavy (non-hydrogen) atoms. The second-order valence-electron chi connectivity index (χ2n) is 4.99. The Hall–Kier alpha value is -1.63. The lowest BCUT2D eigenvalue weighted by molar-refractivity contribution is 0.0246. The summed E-state index contributed by atoms with van der Waals surface area (Å²) in [7, 11) is 0. The maximum absolute atomic E-state index is 5.69. The van der Waals surface area contributed by atoms with E-state index < -0.39 is 0 Å². The molecule has 0 aliphatic carbocycles. The Morgan fingerprint density at radius 3 is 2.62 bits per heavy atom. The highest BCUT2D eigenvalue weighted by Crippen LogP contribution is 2.15. The summed E-state index contributed by atoms with van der Waals surface area (Å²) >= 11 is 0. The van der Waals surface area contributed by atoms with Crippen molar-refractivity contribution in [1.29, 1.82) is 0 Å². The molecule has 0 amide bonds. The van der Waals surface area contributed by atoms with Gasteiger partial charge in [0.15, 0.2) is 0 Å². The number of aromatic nitrogens is 3. The Balaban J connectivity index is 1.96. The Morgan fingerprint density at radius 2 is 1.95 bits per heavy atom. The first-order valence-electron chi connectivity index (χ1n) is 7.80. The zero-order valence-corrected chi connectivity index (χ0v) is 12.9. The summed E-state index contributed by atoms with van der Waals surface area (Å²) in [6, 6.07) is 0.346. The van der Waals surface area contributed by atoms with Crippen molar-refractivity contribution in [1.82, 2.24) is 15.0 Å². The summed E-state index contributed by atoms with van der Waals surface area (Å²) in [5.74, 6) is 1.07. The molecule has 1 aromatic rings. The van der Waals surface area contributed by atoms with Crippen molar-refractivity contribution < 1.29 is 9.47 Å². The zero-order valence-electron chi connectivity index (χ0n) is 12.9. The fraction of sp³-hybridized carbons (Fsp3) is 0.786. The van der Waals surface area contributed by atoms with E-state index in [-0.39, 0.29) is 6.10 Å². The van der Waals surface area contributed by atoms with Crippen molar-refractivity contribution in [2.75, 3.05) is 36.9 Å². The molecule has 1 aliphatic rings. The van der Waals surface area contributed by atoms with E-state index in [1.54, 1.807) is 0 Å². The van der Waals surface area contributed by atoms with Gasteiger partial charge in [-0.2, -0.15) is 15.0 Å². The van der Waals surface area contributed by atoms with E-state index in [1.165, 1.54) is 6.42 Å². The summed E-state index contributed by atoms with van der Waals surface area (Å²) < 4.78 is 11.1. The lowest BCUT2D eigenvalue weighted by atomic mass is 10.1. The van der Waals surface area contributed by atoms with Gasteiger partial charge in [0.05, 0.1) is 12.7 Å². The van der Waals surface area contributed by atoms with Crippen molar-refractivity contribution in [2.45, 2.75) is 45.6 Å². The zero-order chi connectivity index (χ0) is 14.9. The van der Waals surface area contributed by atoms with Crippen LogP contribution in [0, 0.1) is 0 Å². The molecule has 0 saturated carbocycles. The van der Waals surface area contributed by atoms with Crippen LogP contribution in [0.5, 0.6) is 6.01 Å². The van der Waals surface area contributed by atoms with Gasteiger partial charge in [0, 0.05) is 19.7 Å². The number of nitrogens with one attached hydrogen (secondary N) is 2. The van der Waals surface area contributed by atoms with Crippen LogP contribution in [0.2, 0.25) is 0 Å². The maximum atomic E-state index is 5.69. The van der Waals surface area contributed by atoms with Crippen molar-refractivity contribution >= 4 is 11.9 Å². The van der Waals surface area contributed by atoms with Gasteiger partial charge in [-0.25, -0.2) is 0 Å². The van der Waals surface area contributed by atoms with Gasteiger partial charge in [0.1, 0.15) is 0 Å². The van der Waals surface area contributed by atoms with Crippen LogP contribution in [-0.4, -0.2) is 47.4 Å². The first-order chi connectivity index (χ1) is 10.3. The van der Waals surface area contributed by atoms with Gasteiger partial charge in [-0.15, -0.1) is 0 Å². The maximum Gasteiger partial charge on any atom is 0.323 e. The minimum absolute atomic E-state index is 0.234. The van der Waals surface area contributed by atoms with Crippen LogP contribution >= 0.6 is 0 Å². The molecule has 1 atom stereocenters. The van der Waals surface area contributed by atoms with Gasteiger partial charge in [0.2, 0.25) is 11.9 Å². The predicted molar refractivity (Wildman–Crippen MR) is 81.9 cm³/mol. The summed E-state index contributed by atoms with van der Waals surface area (Å²) in [6.07, 6.45) is 4.70. The molecule has 0 bridgehead atoms. The molecule has 0 aromatic carbocycles. The minimum Gasteiger partial charge on any atom is -0.464 e. The third-order valence-corrected chi connectivity index (χ3v) is 3.18. The SMILES string of the molecule is CCCNc1nc(NCC2CCCCO2)nc(OCC)n1. The summed E-state index contributed by atoms with van der Waals surface area (Å²) in [6.45, 7) is 6.91. The molecule has 7 nitrogen and oxygen atoms in total. The second-order valence-corrected chi connectivity index (χ2v) is 4.99. The quantitative estimate of drug-likeness (QED) is 0.759. The van der Waals surface area contributed by atoms with Crippen LogP contribution < -0.4 is 15.4 Å². The number of nitrogens with zero attached hydrogens (tertiary/aromatic N) is 3. The Morgan fingerprint density at radius 1 is 1.14 bits per heavy atom. The fourth-order valence-electron chi connectivity index (χ4n) is 2.12. The Bertz CT molecular complexity index is 424. The molecule has 1 aliphatic heterocycles. The van der Waals surface area contributed by atoms with Gasteiger partial charge >= 0.3 is 6.01 Å². The normalized spacial score (nSPS) is 18.3. The third-order valence-electron chi connectivity index (χ3n) is 3.18. The Kier molecular flexibility index (Phi) is 6.46. The minimum atomic E-state index is 0.234. The van der Waals surface area contributed by atoms with E-state index in [2.05, 4.69) is 32.5 Å². The number of hydrogen-bond donors (Lipinski definition) is 2. The third kappa shape index (κ3) is 5.34. The number of hydrogen-bond acceptors (Lipinski definition) is 7. The molecule has 7 heteroatoms. The molecule has 1 aromatic heterocycles. The fourth-order valence-corrected chi connectivity index (χ4v) is 2.12. The first-order valence-corrected chi connectivity index (χ1v) is 7.80. The molecule has 2 heterocycles. The van der Waals surface area contributed by atoms with E-state index in [9.17, 15) is 0 Å². The van der Waals surface area contributed by atoms with Gasteiger partial charge in [0.25, 0.3) is 0 Å². The average Bonchev–Trinajstić information content (AvgIpc) is 2.52. The highest BCUT2D eigenvalue weighted by molar-refractivity contribution is 5.35. The average molecular weight is 295 g/mol. The first kappa shape index (κ1) is 15.8. The van der Waals surface area contributed by atoms with Gasteiger partial charge in [-0.1, -0.05) is 6.92 Å². The summed E-state index contributed by atoms with van der Waals surface area (Å²) in [5.41, 5.74) is 0. The second kappa shape index (κ2) is 8.61. The monoisotopic (exact) mass is 295 g/mol. The van der Waals surface area contributed by atoms with Crippen LogP contribution in [0.1, 0.15) is 39.5 Å². The highest BCUT2D eigenvalue weighted by Gasteiger charge is 2.14. The van der Waals surface area contributed by atoms with E-state index in [0.29, 0.717) is 31.1 Å².